The fourth-order valence-corrected chi connectivity index (χ4v) is 2.89. The summed E-state index contributed by atoms with van der Waals surface area (Å²) in [6, 6.07) is 8.72. The Kier molecular flexibility index (Phi) is 3.50. The van der Waals surface area contributed by atoms with Crippen molar-refractivity contribution in [2.45, 2.75) is 44.2 Å². The van der Waals surface area contributed by atoms with Gasteiger partial charge in [0.25, 0.3) is 0 Å². The van der Waals surface area contributed by atoms with Crippen LogP contribution in [0.15, 0.2) is 24.3 Å². The van der Waals surface area contributed by atoms with Gasteiger partial charge in [-0.25, -0.2) is 0 Å². The van der Waals surface area contributed by atoms with Crippen LogP contribution in [0.1, 0.15) is 38.2 Å². The normalized spacial score (nSPS) is 27.7. The van der Waals surface area contributed by atoms with E-state index in [1.54, 1.807) is 0 Å². The summed E-state index contributed by atoms with van der Waals surface area (Å²) in [5.41, 5.74) is 0.366. The Labute approximate surface area is 115 Å². The zero-order valence-corrected chi connectivity index (χ0v) is 11.6. The van der Waals surface area contributed by atoms with E-state index in [-0.39, 0.29) is 0 Å². The van der Waals surface area contributed by atoms with Gasteiger partial charge >= 0.3 is 0 Å². The maximum atomic E-state index is 10.8. The van der Waals surface area contributed by atoms with Gasteiger partial charge in [-0.05, 0) is 43.4 Å². The highest BCUT2D eigenvalue weighted by molar-refractivity contribution is 5.32. The van der Waals surface area contributed by atoms with Crippen LogP contribution in [0.2, 0.25) is 0 Å². The summed E-state index contributed by atoms with van der Waals surface area (Å²) in [6.45, 7) is 4.66. The van der Waals surface area contributed by atoms with Crippen molar-refractivity contribution in [1.29, 1.82) is 0 Å². The van der Waals surface area contributed by atoms with Crippen LogP contribution in [0.3, 0.4) is 0 Å². The molecule has 2 aliphatic rings. The minimum Gasteiger partial charge on any atom is -0.494 e. The second-order valence-electron chi connectivity index (χ2n) is 5.86. The van der Waals surface area contributed by atoms with Crippen molar-refractivity contribution in [1.82, 2.24) is 4.90 Å². The summed E-state index contributed by atoms with van der Waals surface area (Å²) in [7, 11) is 0. The van der Waals surface area contributed by atoms with Crippen molar-refractivity contribution in [3.8, 4) is 5.75 Å². The van der Waals surface area contributed by atoms with Crippen LogP contribution >= 0.6 is 0 Å². The molecule has 1 aliphatic carbocycles. The molecule has 1 N–H and O–H groups in total. The molecule has 19 heavy (non-hydrogen) atoms. The molecule has 1 aliphatic heterocycles. The van der Waals surface area contributed by atoms with Crippen LogP contribution in [0.5, 0.6) is 5.75 Å². The largest absolute Gasteiger partial charge is 0.494 e. The first-order chi connectivity index (χ1) is 9.21. The summed E-state index contributed by atoms with van der Waals surface area (Å²) in [4.78, 5) is 2.43. The van der Waals surface area contributed by atoms with E-state index in [1.165, 1.54) is 12.8 Å². The zero-order chi connectivity index (χ0) is 13.3. The second kappa shape index (κ2) is 5.14. The Morgan fingerprint density at radius 1 is 1.32 bits per heavy atom. The Hall–Kier alpha value is -1.06. The van der Waals surface area contributed by atoms with Crippen molar-refractivity contribution in [3.05, 3.63) is 29.8 Å². The maximum Gasteiger partial charge on any atom is 0.119 e. The van der Waals surface area contributed by atoms with E-state index in [4.69, 9.17) is 4.74 Å². The van der Waals surface area contributed by atoms with E-state index in [9.17, 15) is 5.11 Å². The molecule has 3 rings (SSSR count). The van der Waals surface area contributed by atoms with Crippen LogP contribution in [0.25, 0.3) is 0 Å². The number of likely N-dealkylation sites (tertiary alicyclic amines) is 1. The molecule has 0 radical (unpaired) electrons. The molecule has 1 saturated heterocycles. The van der Waals surface area contributed by atoms with Crippen LogP contribution in [0, 0.1) is 0 Å². The predicted octanol–water partition coefficient (Wildman–Crippen LogP) is 2.53. The Morgan fingerprint density at radius 3 is 2.68 bits per heavy atom. The second-order valence-corrected chi connectivity index (χ2v) is 5.86. The maximum absolute atomic E-state index is 10.8. The lowest BCUT2D eigenvalue weighted by atomic mass is 9.93. The third kappa shape index (κ3) is 2.77. The highest BCUT2D eigenvalue weighted by Crippen LogP contribution is 2.38. The van der Waals surface area contributed by atoms with Crippen LogP contribution in [-0.4, -0.2) is 35.7 Å². The van der Waals surface area contributed by atoms with E-state index in [0.29, 0.717) is 0 Å². The number of rotatable bonds is 5. The molecule has 0 bridgehead atoms. The number of hydrogen-bond acceptors (Lipinski definition) is 3. The quantitative estimate of drug-likeness (QED) is 0.884. The van der Waals surface area contributed by atoms with Crippen molar-refractivity contribution >= 4 is 0 Å². The van der Waals surface area contributed by atoms with Gasteiger partial charge in [-0.2, -0.15) is 0 Å². The van der Waals surface area contributed by atoms with E-state index < -0.39 is 5.60 Å². The van der Waals surface area contributed by atoms with E-state index in [1.807, 2.05) is 24.3 Å². The molecule has 104 valence electrons. The average molecular weight is 261 g/mol. The molecule has 1 aromatic carbocycles. The minimum atomic E-state index is -0.661. The van der Waals surface area contributed by atoms with Crippen LogP contribution < -0.4 is 4.74 Å². The predicted molar refractivity (Wildman–Crippen MR) is 75.3 cm³/mol. The lowest BCUT2D eigenvalue weighted by Crippen LogP contribution is -2.31. The highest BCUT2D eigenvalue weighted by atomic mass is 16.5. The first kappa shape index (κ1) is 12.9. The highest BCUT2D eigenvalue weighted by Gasteiger charge is 2.42. The first-order valence-electron chi connectivity index (χ1n) is 7.41. The topological polar surface area (TPSA) is 32.7 Å². The molecule has 3 nitrogen and oxygen atoms in total. The molecule has 2 fully saturated rings. The Balaban J connectivity index is 1.67. The molecule has 0 amide bonds. The van der Waals surface area contributed by atoms with Crippen molar-refractivity contribution in [2.75, 3.05) is 19.7 Å². The SMILES string of the molecule is CCCOc1ccc(C2(O)CCN(C3CC3)C2)cc1. The van der Waals surface area contributed by atoms with Gasteiger partial charge in [-0.15, -0.1) is 0 Å². The van der Waals surface area contributed by atoms with Gasteiger partial charge in [0, 0.05) is 19.1 Å². The molecule has 1 heterocycles. The fraction of sp³-hybridized carbons (Fsp3) is 0.625. The van der Waals surface area contributed by atoms with Crippen LogP contribution in [-0.2, 0) is 5.60 Å². The molecule has 1 atom stereocenters. The van der Waals surface area contributed by atoms with Gasteiger partial charge in [0.2, 0.25) is 0 Å². The van der Waals surface area contributed by atoms with E-state index in [2.05, 4.69) is 11.8 Å². The standard InChI is InChI=1S/C16H23NO2/c1-2-11-19-15-7-3-13(4-8-15)16(18)9-10-17(12-16)14-5-6-14/h3-4,7-8,14,18H,2,5-6,9-12H2,1H3. The third-order valence-corrected chi connectivity index (χ3v) is 4.21. The van der Waals surface area contributed by atoms with Gasteiger partial charge in [-0.1, -0.05) is 19.1 Å². The summed E-state index contributed by atoms with van der Waals surface area (Å²) in [5.74, 6) is 0.895. The number of aliphatic hydroxyl groups is 1. The lowest BCUT2D eigenvalue weighted by Gasteiger charge is -2.24. The number of hydrogen-bond donors (Lipinski definition) is 1. The monoisotopic (exact) mass is 261 g/mol. The molecular formula is C16H23NO2. The number of benzene rings is 1. The Bertz CT molecular complexity index is 427. The number of ether oxygens (including phenoxy) is 1. The first-order valence-corrected chi connectivity index (χ1v) is 7.41. The molecular weight excluding hydrogens is 238 g/mol. The van der Waals surface area contributed by atoms with Crippen molar-refractivity contribution in [2.24, 2.45) is 0 Å². The molecule has 0 spiro atoms. The van der Waals surface area contributed by atoms with Crippen molar-refractivity contribution in [3.63, 3.8) is 0 Å². The van der Waals surface area contributed by atoms with Gasteiger partial charge in [0.15, 0.2) is 0 Å². The van der Waals surface area contributed by atoms with Gasteiger partial charge in [-0.3, -0.25) is 4.90 Å². The average Bonchev–Trinajstić information content (AvgIpc) is 3.21. The Morgan fingerprint density at radius 2 is 2.05 bits per heavy atom. The molecule has 1 saturated carbocycles. The van der Waals surface area contributed by atoms with Gasteiger partial charge in [0.1, 0.15) is 11.4 Å². The van der Waals surface area contributed by atoms with Crippen molar-refractivity contribution < 1.29 is 9.84 Å². The summed E-state index contributed by atoms with van der Waals surface area (Å²) in [6.07, 6.45) is 4.47. The minimum absolute atomic E-state index is 0.661. The lowest BCUT2D eigenvalue weighted by molar-refractivity contribution is 0.0451. The smallest absolute Gasteiger partial charge is 0.119 e. The van der Waals surface area contributed by atoms with Gasteiger partial charge < -0.3 is 9.84 Å². The summed E-state index contributed by atoms with van der Waals surface area (Å²) in [5, 5.41) is 10.8. The third-order valence-electron chi connectivity index (χ3n) is 4.21. The summed E-state index contributed by atoms with van der Waals surface area (Å²) < 4.78 is 5.58. The molecule has 1 aromatic rings. The van der Waals surface area contributed by atoms with Crippen LogP contribution in [0.4, 0.5) is 0 Å². The number of nitrogens with zero attached hydrogens (tertiary/aromatic N) is 1. The summed E-state index contributed by atoms with van der Waals surface area (Å²) >= 11 is 0. The fourth-order valence-electron chi connectivity index (χ4n) is 2.89. The zero-order valence-electron chi connectivity index (χ0n) is 11.6. The van der Waals surface area contributed by atoms with E-state index in [0.717, 1.165) is 49.9 Å². The number of β-amino-alcohol motifs (C(OH)–C–C–N with tert-alkyl or cyclic N) is 1. The molecule has 3 heteroatoms. The van der Waals surface area contributed by atoms with Gasteiger partial charge in [0.05, 0.1) is 6.61 Å². The van der Waals surface area contributed by atoms with E-state index >= 15 is 0 Å². The molecule has 0 aromatic heterocycles. The molecule has 1 unspecified atom stereocenters.